The molecule has 0 aliphatic heterocycles. The summed E-state index contributed by atoms with van der Waals surface area (Å²) in [5.41, 5.74) is 0.946. The Balaban J connectivity index is 2.07. The third-order valence-corrected chi connectivity index (χ3v) is 3.82. The van der Waals surface area contributed by atoms with E-state index in [0.717, 1.165) is 17.3 Å². The lowest BCUT2D eigenvalue weighted by molar-refractivity contribution is -0.133. The van der Waals surface area contributed by atoms with Crippen molar-refractivity contribution in [2.24, 2.45) is 7.05 Å². The van der Waals surface area contributed by atoms with Gasteiger partial charge in [0, 0.05) is 20.6 Å². The van der Waals surface area contributed by atoms with E-state index in [4.69, 9.17) is 5.11 Å². The Morgan fingerprint density at radius 3 is 2.67 bits per heavy atom. The van der Waals surface area contributed by atoms with Crippen molar-refractivity contribution in [3.8, 4) is 0 Å². The molecule has 1 N–H and O–H groups in total. The number of hydrogen-bond donors (Lipinski definition) is 1. The number of anilines is 1. The standard InChI is InChI=1S/C13H15FN4O2S/c1-17(7-9-3-5-10(14)6-4-9)12-15-16-13(18(12)2)21-8-11(19)20/h3-6H,7-8H2,1-2H3,(H,19,20). The van der Waals surface area contributed by atoms with Crippen molar-refractivity contribution in [3.63, 3.8) is 0 Å². The van der Waals surface area contributed by atoms with Gasteiger partial charge < -0.3 is 10.0 Å². The quantitative estimate of drug-likeness (QED) is 0.820. The minimum absolute atomic E-state index is 0.0619. The van der Waals surface area contributed by atoms with Crippen LogP contribution in [0.3, 0.4) is 0 Å². The summed E-state index contributed by atoms with van der Waals surface area (Å²) in [7, 11) is 3.62. The molecule has 0 saturated heterocycles. The maximum absolute atomic E-state index is 12.9. The lowest BCUT2D eigenvalue weighted by atomic mass is 10.2. The summed E-state index contributed by atoms with van der Waals surface area (Å²) in [6.07, 6.45) is 0. The SMILES string of the molecule is CN(Cc1ccc(F)cc1)c1nnc(SCC(=O)O)n1C. The molecule has 6 nitrogen and oxygen atoms in total. The van der Waals surface area contributed by atoms with Crippen LogP contribution < -0.4 is 4.90 Å². The van der Waals surface area contributed by atoms with Gasteiger partial charge in [-0.3, -0.25) is 9.36 Å². The molecule has 8 heteroatoms. The van der Waals surface area contributed by atoms with E-state index in [1.807, 2.05) is 11.9 Å². The van der Waals surface area contributed by atoms with E-state index in [2.05, 4.69) is 10.2 Å². The van der Waals surface area contributed by atoms with Gasteiger partial charge in [-0.25, -0.2) is 4.39 Å². The van der Waals surface area contributed by atoms with Gasteiger partial charge in [-0.1, -0.05) is 23.9 Å². The lowest BCUT2D eigenvalue weighted by Crippen LogP contribution is -2.20. The Hall–Kier alpha value is -2.09. The van der Waals surface area contributed by atoms with Crippen LogP contribution in [0, 0.1) is 5.82 Å². The predicted octanol–water partition coefficient (Wildman–Crippen LogP) is 1.77. The molecular weight excluding hydrogens is 295 g/mol. The van der Waals surface area contributed by atoms with E-state index in [-0.39, 0.29) is 11.6 Å². The number of carbonyl (C=O) groups is 1. The molecule has 21 heavy (non-hydrogen) atoms. The zero-order valence-electron chi connectivity index (χ0n) is 11.7. The number of nitrogens with zero attached hydrogens (tertiary/aromatic N) is 4. The summed E-state index contributed by atoms with van der Waals surface area (Å²) in [5.74, 6) is -0.614. The molecule has 2 rings (SSSR count). The topological polar surface area (TPSA) is 71.2 Å². The van der Waals surface area contributed by atoms with Gasteiger partial charge in [-0.05, 0) is 17.7 Å². The molecule has 112 valence electrons. The van der Waals surface area contributed by atoms with Crippen LogP contribution >= 0.6 is 11.8 Å². The Bertz CT molecular complexity index is 630. The van der Waals surface area contributed by atoms with Crippen LogP contribution in [0.4, 0.5) is 10.3 Å². The Labute approximate surface area is 125 Å². The fraction of sp³-hybridized carbons (Fsp3) is 0.308. The van der Waals surface area contributed by atoms with Crippen LogP contribution in [0.15, 0.2) is 29.4 Å². The van der Waals surface area contributed by atoms with E-state index in [1.54, 1.807) is 23.7 Å². The van der Waals surface area contributed by atoms with Gasteiger partial charge in [0.25, 0.3) is 0 Å². The molecule has 0 aliphatic rings. The highest BCUT2D eigenvalue weighted by Gasteiger charge is 2.14. The van der Waals surface area contributed by atoms with Crippen LogP contribution in [0.5, 0.6) is 0 Å². The first kappa shape index (κ1) is 15.3. The molecule has 0 aliphatic carbocycles. The number of carboxylic acid groups (broad SMARTS) is 1. The lowest BCUT2D eigenvalue weighted by Gasteiger charge is -2.17. The van der Waals surface area contributed by atoms with E-state index in [0.29, 0.717) is 17.6 Å². The van der Waals surface area contributed by atoms with Gasteiger partial charge in [-0.15, -0.1) is 10.2 Å². The highest BCUT2D eigenvalue weighted by molar-refractivity contribution is 7.99. The molecule has 0 saturated carbocycles. The molecule has 0 amide bonds. The van der Waals surface area contributed by atoms with Gasteiger partial charge in [0.05, 0.1) is 5.75 Å². The van der Waals surface area contributed by atoms with Crippen LogP contribution in [-0.4, -0.2) is 38.6 Å². The third kappa shape index (κ3) is 3.94. The maximum Gasteiger partial charge on any atom is 0.313 e. The molecule has 0 radical (unpaired) electrons. The van der Waals surface area contributed by atoms with Crippen LogP contribution in [0.25, 0.3) is 0 Å². The second kappa shape index (κ2) is 6.57. The summed E-state index contributed by atoms with van der Waals surface area (Å²) in [4.78, 5) is 12.4. The molecule has 0 atom stereocenters. The number of halogens is 1. The molecular formula is C13H15FN4O2S. The number of thioether (sulfide) groups is 1. The number of hydrogen-bond acceptors (Lipinski definition) is 5. The smallest absolute Gasteiger partial charge is 0.313 e. The summed E-state index contributed by atoms with van der Waals surface area (Å²) in [5, 5.41) is 17.3. The van der Waals surface area contributed by atoms with Gasteiger partial charge >= 0.3 is 5.97 Å². The molecule has 0 fully saturated rings. The Morgan fingerprint density at radius 2 is 2.05 bits per heavy atom. The Morgan fingerprint density at radius 1 is 1.38 bits per heavy atom. The second-order valence-electron chi connectivity index (χ2n) is 4.51. The number of carboxylic acids is 1. The second-order valence-corrected chi connectivity index (χ2v) is 5.45. The average Bonchev–Trinajstić information content (AvgIpc) is 2.80. The van der Waals surface area contributed by atoms with Gasteiger partial charge in [0.1, 0.15) is 5.82 Å². The van der Waals surface area contributed by atoms with Gasteiger partial charge in [0.2, 0.25) is 5.95 Å². The van der Waals surface area contributed by atoms with Gasteiger partial charge in [0.15, 0.2) is 5.16 Å². The van der Waals surface area contributed by atoms with E-state index in [1.165, 1.54) is 12.1 Å². The normalized spacial score (nSPS) is 10.6. The molecule has 0 spiro atoms. The third-order valence-electron chi connectivity index (χ3n) is 2.81. The summed E-state index contributed by atoms with van der Waals surface area (Å²) < 4.78 is 14.6. The fourth-order valence-corrected chi connectivity index (χ4v) is 2.45. The number of rotatable bonds is 6. The highest BCUT2D eigenvalue weighted by Crippen LogP contribution is 2.20. The maximum atomic E-state index is 12.9. The molecule has 1 aromatic carbocycles. The van der Waals surface area contributed by atoms with E-state index in [9.17, 15) is 9.18 Å². The monoisotopic (exact) mass is 310 g/mol. The summed E-state index contributed by atoms with van der Waals surface area (Å²) in [6.45, 7) is 0.551. The molecule has 1 aromatic heterocycles. The first-order valence-electron chi connectivity index (χ1n) is 6.17. The summed E-state index contributed by atoms with van der Waals surface area (Å²) in [6, 6.07) is 6.24. The number of benzene rings is 1. The van der Waals surface area contributed by atoms with Crippen molar-refractivity contribution in [2.75, 3.05) is 17.7 Å². The minimum atomic E-state index is -0.899. The molecule has 2 aromatic rings. The van der Waals surface area contributed by atoms with Crippen molar-refractivity contribution in [3.05, 3.63) is 35.6 Å². The van der Waals surface area contributed by atoms with E-state index >= 15 is 0 Å². The largest absolute Gasteiger partial charge is 0.481 e. The van der Waals surface area contributed by atoms with Crippen LogP contribution in [0.2, 0.25) is 0 Å². The first-order valence-corrected chi connectivity index (χ1v) is 7.15. The number of aliphatic carboxylic acids is 1. The fourth-order valence-electron chi connectivity index (χ4n) is 1.83. The van der Waals surface area contributed by atoms with E-state index < -0.39 is 5.97 Å². The number of aromatic nitrogens is 3. The van der Waals surface area contributed by atoms with Crippen molar-refractivity contribution in [1.29, 1.82) is 0 Å². The van der Waals surface area contributed by atoms with Gasteiger partial charge in [-0.2, -0.15) is 0 Å². The van der Waals surface area contributed by atoms with Crippen molar-refractivity contribution < 1.29 is 14.3 Å². The predicted molar refractivity (Wildman–Crippen MR) is 77.9 cm³/mol. The molecule has 0 bridgehead atoms. The van der Waals surface area contributed by atoms with Crippen LogP contribution in [-0.2, 0) is 18.4 Å². The summed E-state index contributed by atoms with van der Waals surface area (Å²) >= 11 is 1.12. The minimum Gasteiger partial charge on any atom is -0.481 e. The highest BCUT2D eigenvalue weighted by atomic mass is 32.2. The Kier molecular flexibility index (Phi) is 4.79. The molecule has 0 unspecified atom stereocenters. The first-order chi connectivity index (χ1) is 9.97. The van der Waals surface area contributed by atoms with Crippen molar-refractivity contribution >= 4 is 23.7 Å². The van der Waals surface area contributed by atoms with Crippen molar-refractivity contribution in [1.82, 2.24) is 14.8 Å². The zero-order chi connectivity index (χ0) is 15.4. The van der Waals surface area contributed by atoms with Crippen molar-refractivity contribution in [2.45, 2.75) is 11.7 Å². The molecule has 1 heterocycles. The average molecular weight is 310 g/mol. The zero-order valence-corrected chi connectivity index (χ0v) is 12.5. The van der Waals surface area contributed by atoms with Crippen LogP contribution in [0.1, 0.15) is 5.56 Å².